The fourth-order valence-electron chi connectivity index (χ4n) is 1.77. The molecule has 0 aliphatic heterocycles. The molecule has 0 spiro atoms. The van der Waals surface area contributed by atoms with E-state index in [1.165, 1.54) is 0 Å². The maximum absolute atomic E-state index is 6.27. The van der Waals surface area contributed by atoms with E-state index < -0.39 is 13.9 Å². The lowest BCUT2D eigenvalue weighted by atomic mass is 9.94. The molecule has 3 nitrogen and oxygen atoms in total. The first-order chi connectivity index (χ1) is 10.0. The Labute approximate surface area is 148 Å². The first-order valence-corrected chi connectivity index (χ1v) is 11.5. The van der Waals surface area contributed by atoms with Gasteiger partial charge < -0.3 is 4.43 Å². The van der Waals surface area contributed by atoms with Crippen molar-refractivity contribution in [3.8, 4) is 0 Å². The highest BCUT2D eigenvalue weighted by Crippen LogP contribution is 2.37. The summed E-state index contributed by atoms with van der Waals surface area (Å²) >= 11 is 8.24. The van der Waals surface area contributed by atoms with Crippen molar-refractivity contribution in [1.82, 2.24) is 4.98 Å². The van der Waals surface area contributed by atoms with Crippen LogP contribution >= 0.6 is 28.1 Å². The number of halogens is 1. The average Bonchev–Trinajstić information content (AvgIpc) is 2.37. The Morgan fingerprint density at radius 2 is 1.95 bits per heavy atom. The highest BCUT2D eigenvalue weighted by molar-refractivity contribution is 9.10. The predicted molar refractivity (Wildman–Crippen MR) is 102 cm³/mol. The molecule has 0 N–H and O–H groups in total. The van der Waals surface area contributed by atoms with Gasteiger partial charge in [0.2, 0.25) is 0 Å². The summed E-state index contributed by atoms with van der Waals surface area (Å²) in [7, 11) is -1.76. The maximum Gasteiger partial charge on any atom is 0.191 e. The van der Waals surface area contributed by atoms with E-state index in [1.54, 1.807) is 0 Å². The molecule has 0 fully saturated rings. The fraction of sp³-hybridized carbons (Fsp3) is 0.625. The topological polar surface area (TPSA) is 34.5 Å². The SMILES string of the molecule is CC(C)(C)[Si](C)(C)OCC[C@](C)(N=C=S)c1cccc(Br)n1. The van der Waals surface area contributed by atoms with Crippen LogP contribution in [0.3, 0.4) is 0 Å². The summed E-state index contributed by atoms with van der Waals surface area (Å²) in [6, 6.07) is 5.82. The number of nitrogens with zero attached hydrogens (tertiary/aromatic N) is 2. The molecule has 0 aromatic carbocycles. The molecule has 0 aliphatic rings. The van der Waals surface area contributed by atoms with E-state index in [1.807, 2.05) is 25.1 Å². The summed E-state index contributed by atoms with van der Waals surface area (Å²) in [5.74, 6) is 0. The van der Waals surface area contributed by atoms with Gasteiger partial charge >= 0.3 is 0 Å². The molecule has 1 atom stereocenters. The second-order valence-corrected chi connectivity index (χ2v) is 13.0. The molecule has 0 saturated carbocycles. The number of pyridine rings is 1. The van der Waals surface area contributed by atoms with E-state index in [0.717, 1.165) is 16.7 Å². The van der Waals surface area contributed by atoms with Crippen LogP contribution in [0.2, 0.25) is 18.1 Å². The molecule has 1 aromatic heterocycles. The zero-order valence-corrected chi connectivity index (χ0v) is 17.6. The normalized spacial score (nSPS) is 15.0. The minimum atomic E-state index is -1.76. The fourth-order valence-corrected chi connectivity index (χ4v) is 3.36. The Bertz CT molecular complexity index is 568. The van der Waals surface area contributed by atoms with Crippen LogP contribution in [0.25, 0.3) is 0 Å². The average molecular weight is 401 g/mol. The Hall–Kier alpha value is -0.393. The van der Waals surface area contributed by atoms with Gasteiger partial charge in [-0.2, -0.15) is 0 Å². The minimum Gasteiger partial charge on any atom is -0.417 e. The zero-order chi connectivity index (χ0) is 17.0. The molecule has 0 bridgehead atoms. The Kier molecular flexibility index (Phi) is 6.66. The van der Waals surface area contributed by atoms with E-state index in [4.69, 9.17) is 16.6 Å². The van der Waals surface area contributed by atoms with Crippen molar-refractivity contribution >= 4 is 41.6 Å². The third-order valence-electron chi connectivity index (χ3n) is 4.42. The molecule has 0 amide bonds. The number of aromatic nitrogens is 1. The molecule has 0 radical (unpaired) electrons. The second-order valence-electron chi connectivity index (χ2n) is 7.18. The largest absolute Gasteiger partial charge is 0.417 e. The molecule has 122 valence electrons. The van der Waals surface area contributed by atoms with Gasteiger partial charge in [-0.15, -0.1) is 0 Å². The van der Waals surface area contributed by atoms with Crippen LogP contribution in [0.15, 0.2) is 27.8 Å². The van der Waals surface area contributed by atoms with Crippen LogP contribution in [0, 0.1) is 0 Å². The van der Waals surface area contributed by atoms with Crippen molar-refractivity contribution in [1.29, 1.82) is 0 Å². The first-order valence-electron chi connectivity index (χ1n) is 7.38. The smallest absolute Gasteiger partial charge is 0.191 e. The molecular weight excluding hydrogens is 376 g/mol. The van der Waals surface area contributed by atoms with Crippen molar-refractivity contribution in [3.05, 3.63) is 28.5 Å². The quantitative estimate of drug-likeness (QED) is 0.270. The zero-order valence-electron chi connectivity index (χ0n) is 14.2. The minimum absolute atomic E-state index is 0.199. The molecule has 0 aliphatic carbocycles. The Morgan fingerprint density at radius 3 is 2.45 bits per heavy atom. The molecule has 1 aromatic rings. The maximum atomic E-state index is 6.27. The number of rotatable bonds is 6. The van der Waals surface area contributed by atoms with Gasteiger partial charge in [0.25, 0.3) is 0 Å². The van der Waals surface area contributed by atoms with Gasteiger partial charge in [0.15, 0.2) is 8.32 Å². The Balaban J connectivity index is 2.88. The van der Waals surface area contributed by atoms with Crippen LogP contribution in [0.4, 0.5) is 0 Å². The molecule has 1 rings (SSSR count). The van der Waals surface area contributed by atoms with Crippen molar-refractivity contribution < 1.29 is 4.43 Å². The van der Waals surface area contributed by atoms with E-state index in [2.05, 4.69) is 64.9 Å². The standard InChI is InChI=1S/C16H25BrN2OSSi/c1-15(2,3)22(5,6)20-11-10-16(4,18-12-21)13-8-7-9-14(17)19-13/h7-9H,10-11H2,1-6H3/t16-/m0/s1. The van der Waals surface area contributed by atoms with Crippen molar-refractivity contribution in [3.63, 3.8) is 0 Å². The highest BCUT2D eigenvalue weighted by atomic mass is 79.9. The third kappa shape index (κ3) is 5.07. The van der Waals surface area contributed by atoms with Gasteiger partial charge in [-0.1, -0.05) is 26.8 Å². The number of isothiocyanates is 1. The van der Waals surface area contributed by atoms with Gasteiger partial charge in [-0.3, -0.25) is 0 Å². The lowest BCUT2D eigenvalue weighted by molar-refractivity contribution is 0.245. The van der Waals surface area contributed by atoms with Gasteiger partial charge in [-0.25, -0.2) is 9.98 Å². The van der Waals surface area contributed by atoms with Crippen molar-refractivity contribution in [2.75, 3.05) is 6.61 Å². The first kappa shape index (κ1) is 19.7. The predicted octanol–water partition coefficient (Wildman–Crippen LogP) is 5.57. The van der Waals surface area contributed by atoms with E-state index in [9.17, 15) is 0 Å². The van der Waals surface area contributed by atoms with Crippen LogP contribution in [-0.4, -0.2) is 25.1 Å². The number of thiocarbonyl (C=S) groups is 1. The van der Waals surface area contributed by atoms with E-state index in [0.29, 0.717) is 6.61 Å². The van der Waals surface area contributed by atoms with Crippen LogP contribution in [0.5, 0.6) is 0 Å². The lowest BCUT2D eigenvalue weighted by Gasteiger charge is -2.37. The summed E-state index contributed by atoms with van der Waals surface area (Å²) < 4.78 is 7.06. The summed E-state index contributed by atoms with van der Waals surface area (Å²) in [5, 5.41) is 2.71. The molecule has 22 heavy (non-hydrogen) atoms. The van der Waals surface area contributed by atoms with Crippen LogP contribution < -0.4 is 0 Å². The molecule has 1 heterocycles. The monoisotopic (exact) mass is 400 g/mol. The third-order valence-corrected chi connectivity index (χ3v) is 9.49. The van der Waals surface area contributed by atoms with Crippen molar-refractivity contribution in [2.24, 2.45) is 4.99 Å². The van der Waals surface area contributed by atoms with E-state index in [-0.39, 0.29) is 5.04 Å². The summed E-state index contributed by atoms with van der Waals surface area (Å²) in [6.45, 7) is 13.9. The van der Waals surface area contributed by atoms with Gasteiger partial charge in [0.05, 0.1) is 10.9 Å². The molecular formula is C16H25BrN2OSSi. The van der Waals surface area contributed by atoms with Gasteiger partial charge in [-0.05, 0) is 65.3 Å². The van der Waals surface area contributed by atoms with Crippen LogP contribution in [0.1, 0.15) is 39.8 Å². The van der Waals surface area contributed by atoms with Crippen LogP contribution in [-0.2, 0) is 9.96 Å². The number of aliphatic imine (C=N–C) groups is 1. The summed E-state index contributed by atoms with van der Waals surface area (Å²) in [5.41, 5.74) is 0.367. The number of hydrogen-bond acceptors (Lipinski definition) is 4. The molecule has 6 heteroatoms. The van der Waals surface area contributed by atoms with Gasteiger partial charge in [0.1, 0.15) is 10.1 Å². The molecule has 0 unspecified atom stereocenters. The lowest BCUT2D eigenvalue weighted by Crippen LogP contribution is -2.41. The van der Waals surface area contributed by atoms with E-state index >= 15 is 0 Å². The summed E-state index contributed by atoms with van der Waals surface area (Å²) in [4.78, 5) is 8.89. The summed E-state index contributed by atoms with van der Waals surface area (Å²) in [6.07, 6.45) is 0.729. The van der Waals surface area contributed by atoms with Crippen molar-refractivity contribution in [2.45, 2.75) is 57.8 Å². The second kappa shape index (κ2) is 7.45. The Morgan fingerprint density at radius 1 is 1.32 bits per heavy atom. The van der Waals surface area contributed by atoms with Gasteiger partial charge in [0, 0.05) is 13.0 Å². The molecule has 0 saturated heterocycles. The highest BCUT2D eigenvalue weighted by Gasteiger charge is 2.38. The number of hydrogen-bond donors (Lipinski definition) is 0.